The Kier molecular flexibility index (Phi) is 6.72. The SMILES string of the molecule is CCOc1cc(CNc2cccc(C(=O)O)c2)cc(I)c1OCC. The molecule has 0 bridgehead atoms. The molecule has 24 heavy (non-hydrogen) atoms. The minimum Gasteiger partial charge on any atom is -0.490 e. The molecule has 0 spiro atoms. The van der Waals surface area contributed by atoms with E-state index in [0.29, 0.717) is 19.8 Å². The van der Waals surface area contributed by atoms with E-state index in [9.17, 15) is 4.79 Å². The Bertz CT molecular complexity index is 718. The molecular weight excluding hydrogens is 421 g/mol. The molecule has 2 aromatic carbocycles. The third kappa shape index (κ3) is 4.77. The van der Waals surface area contributed by atoms with Gasteiger partial charge in [0.2, 0.25) is 0 Å². The first-order valence-corrected chi connectivity index (χ1v) is 8.78. The summed E-state index contributed by atoms with van der Waals surface area (Å²) in [5, 5.41) is 12.3. The number of ether oxygens (including phenoxy) is 2. The first-order chi connectivity index (χ1) is 11.5. The molecule has 0 amide bonds. The second-order valence-electron chi connectivity index (χ2n) is 5.01. The Morgan fingerprint density at radius 2 is 1.92 bits per heavy atom. The summed E-state index contributed by atoms with van der Waals surface area (Å²) in [4.78, 5) is 11.0. The minimum atomic E-state index is -0.937. The van der Waals surface area contributed by atoms with Gasteiger partial charge in [-0.2, -0.15) is 0 Å². The molecule has 0 saturated heterocycles. The van der Waals surface area contributed by atoms with E-state index >= 15 is 0 Å². The van der Waals surface area contributed by atoms with Gasteiger partial charge in [-0.15, -0.1) is 0 Å². The van der Waals surface area contributed by atoms with Crippen molar-refractivity contribution in [1.82, 2.24) is 0 Å². The molecule has 2 aromatic rings. The summed E-state index contributed by atoms with van der Waals surface area (Å²) in [6.07, 6.45) is 0. The second kappa shape index (κ2) is 8.77. The van der Waals surface area contributed by atoms with Gasteiger partial charge in [-0.05, 0) is 72.3 Å². The van der Waals surface area contributed by atoms with Crippen molar-refractivity contribution in [1.29, 1.82) is 0 Å². The molecule has 0 heterocycles. The van der Waals surface area contributed by atoms with Crippen LogP contribution in [0, 0.1) is 3.57 Å². The maximum absolute atomic E-state index is 11.0. The number of carboxylic acid groups (broad SMARTS) is 1. The van der Waals surface area contributed by atoms with Gasteiger partial charge in [0.05, 0.1) is 22.3 Å². The lowest BCUT2D eigenvalue weighted by atomic mass is 10.1. The van der Waals surface area contributed by atoms with Crippen molar-refractivity contribution in [2.45, 2.75) is 20.4 Å². The molecule has 2 rings (SSSR count). The summed E-state index contributed by atoms with van der Waals surface area (Å²) in [5.74, 6) is 0.548. The van der Waals surface area contributed by atoms with Crippen molar-refractivity contribution in [2.75, 3.05) is 18.5 Å². The van der Waals surface area contributed by atoms with Gasteiger partial charge in [-0.3, -0.25) is 0 Å². The van der Waals surface area contributed by atoms with Crippen LogP contribution < -0.4 is 14.8 Å². The van der Waals surface area contributed by atoms with Gasteiger partial charge in [0.25, 0.3) is 0 Å². The highest BCUT2D eigenvalue weighted by atomic mass is 127. The van der Waals surface area contributed by atoms with Gasteiger partial charge < -0.3 is 19.9 Å². The predicted molar refractivity (Wildman–Crippen MR) is 102 cm³/mol. The Balaban J connectivity index is 2.17. The molecule has 2 N–H and O–H groups in total. The Morgan fingerprint density at radius 3 is 2.58 bits per heavy atom. The monoisotopic (exact) mass is 441 g/mol. The van der Waals surface area contributed by atoms with E-state index in [1.807, 2.05) is 32.0 Å². The summed E-state index contributed by atoms with van der Waals surface area (Å²) in [5.41, 5.74) is 2.06. The molecule has 0 aliphatic heterocycles. The van der Waals surface area contributed by atoms with Crippen LogP contribution in [0.2, 0.25) is 0 Å². The van der Waals surface area contributed by atoms with Crippen molar-refractivity contribution in [3.05, 3.63) is 51.1 Å². The van der Waals surface area contributed by atoms with E-state index in [1.54, 1.807) is 18.2 Å². The van der Waals surface area contributed by atoms with Gasteiger partial charge in [0, 0.05) is 12.2 Å². The zero-order valence-electron chi connectivity index (χ0n) is 13.6. The molecule has 0 aliphatic carbocycles. The van der Waals surface area contributed by atoms with E-state index in [0.717, 1.165) is 26.3 Å². The number of aromatic carboxylic acids is 1. The van der Waals surface area contributed by atoms with Crippen LogP contribution in [0.4, 0.5) is 5.69 Å². The smallest absolute Gasteiger partial charge is 0.335 e. The number of nitrogens with one attached hydrogen (secondary N) is 1. The maximum Gasteiger partial charge on any atom is 0.335 e. The minimum absolute atomic E-state index is 0.260. The third-order valence-corrected chi connectivity index (χ3v) is 4.07. The average Bonchev–Trinajstić information content (AvgIpc) is 2.56. The van der Waals surface area contributed by atoms with Gasteiger partial charge in [0.1, 0.15) is 0 Å². The fourth-order valence-corrected chi connectivity index (χ4v) is 3.06. The van der Waals surface area contributed by atoms with Crippen LogP contribution >= 0.6 is 22.6 Å². The van der Waals surface area contributed by atoms with Gasteiger partial charge in [-0.1, -0.05) is 6.07 Å². The number of carbonyl (C=O) groups is 1. The number of hydrogen-bond acceptors (Lipinski definition) is 4. The molecule has 6 heteroatoms. The molecule has 128 valence electrons. The maximum atomic E-state index is 11.0. The molecule has 0 unspecified atom stereocenters. The molecule has 5 nitrogen and oxygen atoms in total. The molecule has 0 fully saturated rings. The van der Waals surface area contributed by atoms with E-state index in [4.69, 9.17) is 14.6 Å². The highest BCUT2D eigenvalue weighted by Crippen LogP contribution is 2.34. The van der Waals surface area contributed by atoms with Crippen LogP contribution in [-0.4, -0.2) is 24.3 Å². The number of anilines is 1. The molecule has 0 radical (unpaired) electrons. The van der Waals surface area contributed by atoms with Crippen LogP contribution in [0.5, 0.6) is 11.5 Å². The van der Waals surface area contributed by atoms with Crippen molar-refractivity contribution in [2.24, 2.45) is 0 Å². The second-order valence-corrected chi connectivity index (χ2v) is 6.17. The molecule has 0 atom stereocenters. The number of benzene rings is 2. The Labute approximate surface area is 155 Å². The Morgan fingerprint density at radius 1 is 1.17 bits per heavy atom. The van der Waals surface area contributed by atoms with Crippen molar-refractivity contribution in [3.8, 4) is 11.5 Å². The standard InChI is InChI=1S/C18H20INO4/c1-3-23-16-9-12(8-15(19)17(16)24-4-2)11-20-14-7-5-6-13(10-14)18(21)22/h5-10,20H,3-4,11H2,1-2H3,(H,21,22). The zero-order valence-corrected chi connectivity index (χ0v) is 15.8. The van der Waals surface area contributed by atoms with Crippen LogP contribution in [0.25, 0.3) is 0 Å². The lowest BCUT2D eigenvalue weighted by molar-refractivity contribution is 0.0697. The summed E-state index contributed by atoms with van der Waals surface area (Å²) >= 11 is 2.23. The van der Waals surface area contributed by atoms with Gasteiger partial charge >= 0.3 is 5.97 Å². The molecule has 0 saturated carbocycles. The molecular formula is C18H20INO4. The highest BCUT2D eigenvalue weighted by Gasteiger charge is 2.12. The summed E-state index contributed by atoms with van der Waals surface area (Å²) in [6, 6.07) is 10.7. The van der Waals surface area contributed by atoms with Crippen molar-refractivity contribution < 1.29 is 19.4 Å². The first-order valence-electron chi connectivity index (χ1n) is 7.70. The molecule has 0 aliphatic rings. The lowest BCUT2D eigenvalue weighted by Gasteiger charge is -2.15. The van der Waals surface area contributed by atoms with Crippen molar-refractivity contribution in [3.63, 3.8) is 0 Å². The van der Waals surface area contributed by atoms with Crippen molar-refractivity contribution >= 4 is 34.2 Å². The topological polar surface area (TPSA) is 67.8 Å². The van der Waals surface area contributed by atoms with Gasteiger partial charge in [-0.25, -0.2) is 4.79 Å². The number of carboxylic acids is 1. The average molecular weight is 441 g/mol. The number of rotatable bonds is 8. The number of hydrogen-bond donors (Lipinski definition) is 2. The largest absolute Gasteiger partial charge is 0.490 e. The van der Waals surface area contributed by atoms with Crippen LogP contribution in [0.1, 0.15) is 29.8 Å². The van der Waals surface area contributed by atoms with E-state index in [-0.39, 0.29) is 5.56 Å². The zero-order chi connectivity index (χ0) is 17.5. The normalized spacial score (nSPS) is 10.3. The van der Waals surface area contributed by atoms with E-state index < -0.39 is 5.97 Å². The Hall–Kier alpha value is -1.96. The summed E-state index contributed by atoms with van der Waals surface area (Å²) < 4.78 is 12.3. The lowest BCUT2D eigenvalue weighted by Crippen LogP contribution is -2.05. The summed E-state index contributed by atoms with van der Waals surface area (Å²) in [6.45, 7) is 5.58. The summed E-state index contributed by atoms with van der Waals surface area (Å²) in [7, 11) is 0. The van der Waals surface area contributed by atoms with Crippen LogP contribution in [0.3, 0.4) is 0 Å². The predicted octanol–water partition coefficient (Wildman–Crippen LogP) is 4.40. The van der Waals surface area contributed by atoms with E-state index in [2.05, 4.69) is 27.9 Å². The fraction of sp³-hybridized carbons (Fsp3) is 0.278. The van der Waals surface area contributed by atoms with Crippen LogP contribution in [-0.2, 0) is 6.54 Å². The molecule has 0 aromatic heterocycles. The van der Waals surface area contributed by atoms with Crippen LogP contribution in [0.15, 0.2) is 36.4 Å². The fourth-order valence-electron chi connectivity index (χ4n) is 2.24. The third-order valence-electron chi connectivity index (χ3n) is 3.26. The number of halogens is 1. The first kappa shape index (κ1) is 18.4. The highest BCUT2D eigenvalue weighted by molar-refractivity contribution is 14.1. The van der Waals surface area contributed by atoms with E-state index in [1.165, 1.54) is 0 Å². The quantitative estimate of drug-likeness (QED) is 0.595. The van der Waals surface area contributed by atoms with Gasteiger partial charge in [0.15, 0.2) is 11.5 Å².